The molecule has 0 fully saturated rings. The zero-order valence-electron chi connectivity index (χ0n) is 13.8. The Labute approximate surface area is 136 Å². The highest BCUT2D eigenvalue weighted by Gasteiger charge is 2.31. The molecule has 8 heteroatoms. The first-order valence-corrected chi connectivity index (χ1v) is 8.51. The summed E-state index contributed by atoms with van der Waals surface area (Å²) in [5.74, 6) is -1.17. The number of nitrogens with one attached hydrogen (secondary N) is 2. The van der Waals surface area contributed by atoms with Gasteiger partial charge in [-0.25, -0.2) is 17.9 Å². The second-order valence-electron chi connectivity index (χ2n) is 5.87. The number of carbonyl (C=O) groups is 2. The lowest BCUT2D eigenvalue weighted by Crippen LogP contribution is -2.50. The molecule has 2 N–H and O–H groups in total. The van der Waals surface area contributed by atoms with Crippen LogP contribution in [0.2, 0.25) is 0 Å². The van der Waals surface area contributed by atoms with Gasteiger partial charge in [-0.15, -0.1) is 0 Å². The quantitative estimate of drug-likeness (QED) is 0.753. The normalized spacial score (nSPS) is 12.1. The van der Waals surface area contributed by atoms with Crippen molar-refractivity contribution < 1.29 is 22.7 Å². The Morgan fingerprint density at radius 2 is 1.83 bits per heavy atom. The molecule has 1 aromatic rings. The molecule has 0 radical (unpaired) electrons. The van der Waals surface area contributed by atoms with Crippen LogP contribution >= 0.6 is 0 Å². The maximum absolute atomic E-state index is 12.2. The van der Waals surface area contributed by atoms with Crippen LogP contribution in [-0.4, -0.2) is 39.0 Å². The van der Waals surface area contributed by atoms with Crippen LogP contribution in [0.4, 0.5) is 0 Å². The summed E-state index contributed by atoms with van der Waals surface area (Å²) in [5, 5.41) is 2.51. The molecule has 7 nitrogen and oxygen atoms in total. The average molecular weight is 342 g/mol. The van der Waals surface area contributed by atoms with Crippen molar-refractivity contribution in [3.05, 3.63) is 29.8 Å². The number of ether oxygens (including phenoxy) is 1. The lowest BCUT2D eigenvalue weighted by atomic mass is 10.1. The van der Waals surface area contributed by atoms with Gasteiger partial charge in [0.25, 0.3) is 5.91 Å². The second kappa shape index (κ2) is 7.10. The summed E-state index contributed by atoms with van der Waals surface area (Å²) in [5.41, 5.74) is -1.09. The number of esters is 1. The number of carbonyl (C=O) groups excluding carboxylic acids is 2. The molecule has 0 aliphatic heterocycles. The van der Waals surface area contributed by atoms with Gasteiger partial charge < -0.3 is 10.1 Å². The zero-order chi connectivity index (χ0) is 17.8. The van der Waals surface area contributed by atoms with Gasteiger partial charge in [-0.2, -0.15) is 0 Å². The van der Waals surface area contributed by atoms with Crippen LogP contribution in [0.3, 0.4) is 0 Å². The van der Waals surface area contributed by atoms with Gasteiger partial charge in [0.2, 0.25) is 10.0 Å². The van der Waals surface area contributed by atoms with Crippen molar-refractivity contribution >= 4 is 21.9 Å². The Kier molecular flexibility index (Phi) is 5.90. The highest BCUT2D eigenvalue weighted by molar-refractivity contribution is 7.89. The van der Waals surface area contributed by atoms with Crippen LogP contribution in [0.1, 0.15) is 38.1 Å². The van der Waals surface area contributed by atoms with Crippen LogP contribution < -0.4 is 10.0 Å². The van der Waals surface area contributed by atoms with Crippen LogP contribution in [-0.2, 0) is 19.6 Å². The molecule has 1 rings (SSSR count). The number of benzene rings is 1. The van der Waals surface area contributed by atoms with Gasteiger partial charge in [0.15, 0.2) is 0 Å². The van der Waals surface area contributed by atoms with E-state index in [0.29, 0.717) is 0 Å². The minimum absolute atomic E-state index is 0.0188. The van der Waals surface area contributed by atoms with E-state index in [2.05, 4.69) is 14.8 Å². The van der Waals surface area contributed by atoms with Crippen molar-refractivity contribution in [2.45, 2.75) is 44.2 Å². The van der Waals surface area contributed by atoms with Crippen molar-refractivity contribution in [2.24, 2.45) is 0 Å². The Bertz CT molecular complexity index is 696. The van der Waals surface area contributed by atoms with Crippen molar-refractivity contribution in [1.82, 2.24) is 10.0 Å². The summed E-state index contributed by atoms with van der Waals surface area (Å²) < 4.78 is 31.3. The Balaban J connectivity index is 3.05. The molecule has 0 bridgehead atoms. The smallest absolute Gasteiger partial charge is 0.330 e. The minimum Gasteiger partial charge on any atom is -0.467 e. The van der Waals surface area contributed by atoms with E-state index < -0.39 is 27.4 Å². The maximum Gasteiger partial charge on any atom is 0.330 e. The molecule has 0 aromatic heterocycles. The molecular formula is C15H22N2O5S. The highest BCUT2D eigenvalue weighted by Crippen LogP contribution is 2.14. The average Bonchev–Trinajstić information content (AvgIpc) is 2.44. The summed E-state index contributed by atoms with van der Waals surface area (Å²) in [6.45, 7) is 6.40. The maximum atomic E-state index is 12.2. The minimum atomic E-state index is -3.70. The van der Waals surface area contributed by atoms with Gasteiger partial charge in [-0.1, -0.05) is 6.07 Å². The number of hydrogen-bond acceptors (Lipinski definition) is 5. The molecule has 0 atom stereocenters. The van der Waals surface area contributed by atoms with Gasteiger partial charge in [-0.3, -0.25) is 4.79 Å². The number of rotatable bonds is 6. The van der Waals surface area contributed by atoms with E-state index in [-0.39, 0.29) is 16.5 Å². The number of methoxy groups -OCH3 is 1. The van der Waals surface area contributed by atoms with Crippen LogP contribution in [0.25, 0.3) is 0 Å². The molecule has 0 aliphatic rings. The molecular weight excluding hydrogens is 320 g/mol. The molecule has 0 aliphatic carbocycles. The fourth-order valence-electron chi connectivity index (χ4n) is 1.85. The van der Waals surface area contributed by atoms with Crippen molar-refractivity contribution in [3.8, 4) is 0 Å². The van der Waals surface area contributed by atoms with Crippen LogP contribution in [0, 0.1) is 0 Å². The summed E-state index contributed by atoms with van der Waals surface area (Å²) in [4.78, 5) is 23.8. The third-order valence-electron chi connectivity index (χ3n) is 2.92. The van der Waals surface area contributed by atoms with E-state index in [9.17, 15) is 18.0 Å². The van der Waals surface area contributed by atoms with Gasteiger partial charge in [0, 0.05) is 11.6 Å². The number of amides is 1. The highest BCUT2D eigenvalue weighted by atomic mass is 32.2. The van der Waals surface area contributed by atoms with Crippen LogP contribution in [0.5, 0.6) is 0 Å². The van der Waals surface area contributed by atoms with Gasteiger partial charge in [0.05, 0.1) is 12.0 Å². The molecule has 0 saturated heterocycles. The predicted octanol–water partition coefficient (Wildman–Crippen LogP) is 1.05. The molecule has 1 aromatic carbocycles. The fourth-order valence-corrected chi connectivity index (χ4v) is 3.14. The predicted molar refractivity (Wildman–Crippen MR) is 85.5 cm³/mol. The fraction of sp³-hybridized carbons (Fsp3) is 0.467. The first-order chi connectivity index (χ1) is 10.5. The molecule has 1 amide bonds. The van der Waals surface area contributed by atoms with Gasteiger partial charge in [-0.05, 0) is 45.9 Å². The van der Waals surface area contributed by atoms with E-state index >= 15 is 0 Å². The Hall–Kier alpha value is -1.93. The van der Waals surface area contributed by atoms with Crippen molar-refractivity contribution in [1.29, 1.82) is 0 Å². The van der Waals surface area contributed by atoms with E-state index in [1.54, 1.807) is 13.8 Å². The van der Waals surface area contributed by atoms with E-state index in [0.717, 1.165) is 0 Å². The number of sulfonamides is 1. The molecule has 0 heterocycles. The molecule has 23 heavy (non-hydrogen) atoms. The Morgan fingerprint density at radius 1 is 1.22 bits per heavy atom. The topological polar surface area (TPSA) is 102 Å². The van der Waals surface area contributed by atoms with Crippen molar-refractivity contribution in [2.75, 3.05) is 7.11 Å². The summed E-state index contributed by atoms with van der Waals surface area (Å²) in [6.07, 6.45) is 0. The van der Waals surface area contributed by atoms with Gasteiger partial charge in [0.1, 0.15) is 5.54 Å². The number of hydrogen-bond donors (Lipinski definition) is 2. The zero-order valence-corrected chi connectivity index (χ0v) is 14.7. The lowest BCUT2D eigenvalue weighted by Gasteiger charge is -2.23. The van der Waals surface area contributed by atoms with Crippen LogP contribution in [0.15, 0.2) is 29.2 Å². The Morgan fingerprint density at radius 3 is 2.35 bits per heavy atom. The molecule has 0 unspecified atom stereocenters. The van der Waals surface area contributed by atoms with E-state index in [4.69, 9.17) is 0 Å². The van der Waals surface area contributed by atoms with E-state index in [1.165, 1.54) is 45.2 Å². The largest absolute Gasteiger partial charge is 0.467 e. The standard InChI is InChI=1S/C15H22N2O5S/c1-10(2)17-23(20,21)12-8-6-7-11(9-12)13(18)16-15(3,4)14(19)22-5/h6-10,17H,1-5H3,(H,16,18). The molecule has 128 valence electrons. The van der Waals surface area contributed by atoms with Crippen molar-refractivity contribution in [3.63, 3.8) is 0 Å². The van der Waals surface area contributed by atoms with Gasteiger partial charge >= 0.3 is 5.97 Å². The third-order valence-corrected chi connectivity index (χ3v) is 4.58. The summed E-state index contributed by atoms with van der Waals surface area (Å²) >= 11 is 0. The SMILES string of the molecule is COC(=O)C(C)(C)NC(=O)c1cccc(S(=O)(=O)NC(C)C)c1. The first kappa shape index (κ1) is 19.1. The summed E-state index contributed by atoms with van der Waals surface area (Å²) in [6, 6.07) is 5.32. The van der Waals surface area contributed by atoms with E-state index in [1.807, 2.05) is 0 Å². The molecule has 0 spiro atoms. The second-order valence-corrected chi connectivity index (χ2v) is 7.59. The lowest BCUT2D eigenvalue weighted by molar-refractivity contribution is -0.146. The monoisotopic (exact) mass is 342 g/mol. The molecule has 0 saturated carbocycles. The summed E-state index contributed by atoms with van der Waals surface area (Å²) in [7, 11) is -2.48. The third kappa shape index (κ3) is 5.04. The first-order valence-electron chi connectivity index (χ1n) is 7.03.